The van der Waals surface area contributed by atoms with Crippen molar-refractivity contribution in [2.24, 2.45) is 0 Å². The van der Waals surface area contributed by atoms with Crippen LogP contribution < -0.4 is 16.6 Å². The van der Waals surface area contributed by atoms with E-state index in [1.165, 1.54) is 22.8 Å². The van der Waals surface area contributed by atoms with Crippen LogP contribution in [0.5, 0.6) is 0 Å². The van der Waals surface area contributed by atoms with Crippen molar-refractivity contribution in [1.29, 1.82) is 0 Å². The van der Waals surface area contributed by atoms with Crippen LogP contribution in [0.1, 0.15) is 18.1 Å². The molecule has 0 aliphatic heterocycles. The van der Waals surface area contributed by atoms with E-state index in [0.29, 0.717) is 11.2 Å². The molecule has 31 heavy (non-hydrogen) atoms. The first-order valence-electron chi connectivity index (χ1n) is 9.78. The summed E-state index contributed by atoms with van der Waals surface area (Å²) in [5.41, 5.74) is 1.44. The molecular formula is C23H20FN3O3S. The van der Waals surface area contributed by atoms with Gasteiger partial charge in [0.25, 0.3) is 5.56 Å². The van der Waals surface area contributed by atoms with Gasteiger partial charge in [-0.2, -0.15) is 0 Å². The van der Waals surface area contributed by atoms with Gasteiger partial charge in [-0.25, -0.2) is 13.8 Å². The molecule has 0 spiro atoms. The van der Waals surface area contributed by atoms with Crippen molar-refractivity contribution in [3.05, 3.63) is 91.7 Å². The second-order valence-electron chi connectivity index (χ2n) is 7.11. The summed E-state index contributed by atoms with van der Waals surface area (Å²) in [5, 5.41) is 4.56. The monoisotopic (exact) mass is 437 g/mol. The molecule has 1 N–H and O–H groups in total. The predicted molar refractivity (Wildman–Crippen MR) is 121 cm³/mol. The summed E-state index contributed by atoms with van der Waals surface area (Å²) >= 11 is 1.14. The number of halogens is 1. The maximum atomic E-state index is 14.4. The maximum absolute atomic E-state index is 14.4. The van der Waals surface area contributed by atoms with Gasteiger partial charge in [0.2, 0.25) is 5.91 Å². The Bertz CT molecular complexity index is 1420. The number of carbonyl (C=O) groups excluding carboxylic acids is 1. The molecule has 0 aliphatic carbocycles. The number of hydrogen-bond acceptors (Lipinski definition) is 4. The molecule has 8 heteroatoms. The van der Waals surface area contributed by atoms with Crippen LogP contribution >= 0.6 is 11.3 Å². The van der Waals surface area contributed by atoms with E-state index in [-0.39, 0.29) is 16.9 Å². The summed E-state index contributed by atoms with van der Waals surface area (Å²) in [7, 11) is 0. The average Bonchev–Trinajstić information content (AvgIpc) is 3.24. The van der Waals surface area contributed by atoms with Gasteiger partial charge in [-0.3, -0.25) is 14.2 Å². The van der Waals surface area contributed by atoms with E-state index in [0.717, 1.165) is 33.5 Å². The van der Waals surface area contributed by atoms with E-state index in [1.807, 2.05) is 32.0 Å². The van der Waals surface area contributed by atoms with Crippen molar-refractivity contribution >= 4 is 33.1 Å². The Morgan fingerprint density at radius 2 is 1.87 bits per heavy atom. The van der Waals surface area contributed by atoms with Gasteiger partial charge in [-0.15, -0.1) is 11.3 Å². The number of aromatic nitrogens is 2. The number of carbonyl (C=O) groups is 1. The van der Waals surface area contributed by atoms with Gasteiger partial charge in [0.15, 0.2) is 0 Å². The number of rotatable bonds is 5. The molecule has 2 heterocycles. The lowest BCUT2D eigenvalue weighted by molar-refractivity contribution is -0.116. The summed E-state index contributed by atoms with van der Waals surface area (Å²) in [6.07, 6.45) is 0.740. The Morgan fingerprint density at radius 3 is 2.61 bits per heavy atom. The first-order chi connectivity index (χ1) is 14.9. The lowest BCUT2D eigenvalue weighted by Crippen LogP contribution is -2.40. The quantitative estimate of drug-likeness (QED) is 0.515. The Hall–Kier alpha value is -3.52. The highest BCUT2D eigenvalue weighted by atomic mass is 32.1. The zero-order chi connectivity index (χ0) is 22.1. The molecular weight excluding hydrogens is 417 g/mol. The number of para-hydroxylation sites is 2. The van der Waals surface area contributed by atoms with Gasteiger partial charge >= 0.3 is 5.69 Å². The van der Waals surface area contributed by atoms with Crippen molar-refractivity contribution in [2.45, 2.75) is 26.8 Å². The first kappa shape index (κ1) is 20.7. The smallest absolute Gasteiger partial charge is 0.324 e. The number of nitrogens with one attached hydrogen (secondary N) is 1. The van der Waals surface area contributed by atoms with Crippen LogP contribution in [0.25, 0.3) is 15.9 Å². The molecule has 2 aromatic heterocycles. The van der Waals surface area contributed by atoms with E-state index >= 15 is 0 Å². The Morgan fingerprint density at radius 1 is 1.10 bits per heavy atom. The van der Waals surface area contributed by atoms with Crippen molar-refractivity contribution < 1.29 is 9.18 Å². The fourth-order valence-corrected chi connectivity index (χ4v) is 4.43. The normalized spacial score (nSPS) is 11.1. The summed E-state index contributed by atoms with van der Waals surface area (Å²) in [5.74, 6) is -1.10. The van der Waals surface area contributed by atoms with Crippen LogP contribution in [-0.4, -0.2) is 15.0 Å². The van der Waals surface area contributed by atoms with Crippen molar-refractivity contribution in [3.8, 4) is 5.69 Å². The van der Waals surface area contributed by atoms with Crippen LogP contribution in [0.4, 0.5) is 10.1 Å². The number of thiophene rings is 1. The number of aryl methyl sites for hydroxylation is 2. The zero-order valence-corrected chi connectivity index (χ0v) is 17.8. The fourth-order valence-electron chi connectivity index (χ4n) is 3.61. The van der Waals surface area contributed by atoms with Crippen molar-refractivity contribution in [1.82, 2.24) is 9.13 Å². The van der Waals surface area contributed by atoms with Crippen molar-refractivity contribution in [3.63, 3.8) is 0 Å². The standard InChI is InChI=1S/C23H20FN3O3S/c1-3-15-8-6-7-14(2)20(15)25-19(28)13-26-18-11-12-31-21(18)22(29)27(23(26)30)17-10-5-4-9-16(17)24/h4-12H,3,13H2,1-2H3,(H,25,28). The Labute approximate surface area is 181 Å². The van der Waals surface area contributed by atoms with Crippen LogP contribution in [0.2, 0.25) is 0 Å². The van der Waals surface area contributed by atoms with Crippen LogP contribution in [0.3, 0.4) is 0 Å². The third-order valence-electron chi connectivity index (χ3n) is 5.15. The minimum absolute atomic E-state index is 0.144. The summed E-state index contributed by atoms with van der Waals surface area (Å²) < 4.78 is 16.7. The molecule has 4 aromatic rings. The number of fused-ring (bicyclic) bond motifs is 1. The number of amides is 1. The van der Waals surface area contributed by atoms with Gasteiger partial charge < -0.3 is 5.32 Å². The topological polar surface area (TPSA) is 73.1 Å². The molecule has 0 fully saturated rings. The van der Waals surface area contributed by atoms with E-state index in [2.05, 4.69) is 5.32 Å². The molecule has 158 valence electrons. The molecule has 0 saturated carbocycles. The summed E-state index contributed by atoms with van der Waals surface area (Å²) in [4.78, 5) is 39.0. The van der Waals surface area contributed by atoms with Gasteiger partial charge in [0, 0.05) is 5.69 Å². The third kappa shape index (κ3) is 3.70. The molecule has 6 nitrogen and oxygen atoms in total. The highest BCUT2D eigenvalue weighted by molar-refractivity contribution is 7.17. The van der Waals surface area contributed by atoms with Gasteiger partial charge in [-0.05, 0) is 48.1 Å². The average molecular weight is 437 g/mol. The van der Waals surface area contributed by atoms with Crippen LogP contribution in [0, 0.1) is 12.7 Å². The minimum atomic E-state index is -0.767. The van der Waals surface area contributed by atoms with Crippen molar-refractivity contribution in [2.75, 3.05) is 5.32 Å². The number of hydrogen-bond donors (Lipinski definition) is 1. The van der Waals surface area contributed by atoms with E-state index in [9.17, 15) is 18.8 Å². The molecule has 0 radical (unpaired) electrons. The summed E-state index contributed by atoms with van der Waals surface area (Å²) in [6, 6.07) is 12.9. The maximum Gasteiger partial charge on any atom is 0.336 e. The molecule has 4 rings (SSSR count). The number of nitrogens with zero attached hydrogens (tertiary/aromatic N) is 2. The lowest BCUT2D eigenvalue weighted by atomic mass is 10.1. The van der Waals surface area contributed by atoms with Gasteiger partial charge in [0.05, 0.1) is 11.2 Å². The second-order valence-corrected chi connectivity index (χ2v) is 8.02. The third-order valence-corrected chi connectivity index (χ3v) is 6.05. The summed E-state index contributed by atoms with van der Waals surface area (Å²) in [6.45, 7) is 3.59. The van der Waals surface area contributed by atoms with E-state index < -0.39 is 23.0 Å². The molecule has 1 amide bonds. The SMILES string of the molecule is CCc1cccc(C)c1NC(=O)Cn1c(=O)n(-c2ccccc2F)c(=O)c2sccc21. The minimum Gasteiger partial charge on any atom is -0.324 e. The highest BCUT2D eigenvalue weighted by Gasteiger charge is 2.19. The van der Waals surface area contributed by atoms with Gasteiger partial charge in [0.1, 0.15) is 17.1 Å². The highest BCUT2D eigenvalue weighted by Crippen LogP contribution is 2.22. The second kappa shape index (κ2) is 8.31. The molecule has 0 bridgehead atoms. The predicted octanol–water partition coefficient (Wildman–Crippen LogP) is 3.86. The largest absolute Gasteiger partial charge is 0.336 e. The number of benzene rings is 2. The molecule has 0 atom stereocenters. The van der Waals surface area contributed by atoms with Gasteiger partial charge in [-0.1, -0.05) is 37.3 Å². The molecule has 0 saturated heterocycles. The van der Waals surface area contributed by atoms with E-state index in [1.54, 1.807) is 17.5 Å². The molecule has 2 aromatic carbocycles. The number of anilines is 1. The first-order valence-corrected chi connectivity index (χ1v) is 10.7. The van der Waals surface area contributed by atoms with Crippen LogP contribution in [-0.2, 0) is 17.8 Å². The Kier molecular flexibility index (Phi) is 5.56. The Balaban J connectivity index is 1.81. The molecule has 0 aliphatic rings. The zero-order valence-electron chi connectivity index (χ0n) is 17.0. The fraction of sp³-hybridized carbons (Fsp3) is 0.174. The lowest BCUT2D eigenvalue weighted by Gasteiger charge is -2.15. The molecule has 0 unspecified atom stereocenters. The van der Waals surface area contributed by atoms with Crippen LogP contribution in [0.15, 0.2) is 63.5 Å². The van der Waals surface area contributed by atoms with E-state index in [4.69, 9.17) is 0 Å².